The molecule has 0 aliphatic carbocycles. The van der Waals surface area contributed by atoms with Gasteiger partial charge in [-0.2, -0.15) is 0 Å². The first-order valence-corrected chi connectivity index (χ1v) is 21.0. The first-order chi connectivity index (χ1) is 30.3. The Labute approximate surface area is 354 Å². The zero-order valence-electron chi connectivity index (χ0n) is 33.3. The fraction of sp³-hybridized carbons (Fsp3) is 0. The summed E-state index contributed by atoms with van der Waals surface area (Å²) in [6.45, 7) is 0. The minimum Gasteiger partial charge on any atom is -0.455 e. The molecule has 1 heteroatoms. The van der Waals surface area contributed by atoms with E-state index < -0.39 is 0 Å². The number of fused-ring (bicyclic) bond motifs is 6. The monoisotopic (exact) mass is 774 g/mol. The van der Waals surface area contributed by atoms with Gasteiger partial charge in [0.05, 0.1) is 0 Å². The molecule has 1 aromatic heterocycles. The van der Waals surface area contributed by atoms with E-state index in [-0.39, 0.29) is 0 Å². The lowest BCUT2D eigenvalue weighted by Gasteiger charge is -2.19. The van der Waals surface area contributed by atoms with Gasteiger partial charge in [-0.15, -0.1) is 0 Å². The maximum Gasteiger partial charge on any atom is 0.144 e. The Morgan fingerprint density at radius 2 is 0.623 bits per heavy atom. The van der Waals surface area contributed by atoms with Crippen molar-refractivity contribution >= 4 is 54.1 Å². The van der Waals surface area contributed by atoms with Crippen LogP contribution in [0.15, 0.2) is 235 Å². The number of rotatable bonds is 6. The average molecular weight is 775 g/mol. The summed E-state index contributed by atoms with van der Waals surface area (Å²) >= 11 is 0. The highest BCUT2D eigenvalue weighted by Gasteiger charge is 2.27. The molecule has 12 aromatic rings. The summed E-state index contributed by atoms with van der Waals surface area (Å²) in [5.74, 6) is 0.877. The molecule has 0 bridgehead atoms. The molecule has 61 heavy (non-hydrogen) atoms. The van der Waals surface area contributed by atoms with Gasteiger partial charge in [-0.25, -0.2) is 0 Å². The van der Waals surface area contributed by atoms with Gasteiger partial charge in [0.15, 0.2) is 0 Å². The number of benzene rings is 11. The van der Waals surface area contributed by atoms with Gasteiger partial charge in [-0.3, -0.25) is 0 Å². The van der Waals surface area contributed by atoms with E-state index in [0.717, 1.165) is 55.7 Å². The Morgan fingerprint density at radius 1 is 0.230 bits per heavy atom. The Morgan fingerprint density at radius 3 is 1.20 bits per heavy atom. The normalized spacial score (nSPS) is 11.6. The molecule has 0 unspecified atom stereocenters. The molecule has 0 aliphatic rings. The molecule has 0 saturated heterocycles. The lowest BCUT2D eigenvalue weighted by atomic mass is 9.83. The van der Waals surface area contributed by atoms with Crippen LogP contribution in [0.4, 0.5) is 0 Å². The van der Waals surface area contributed by atoms with Gasteiger partial charge in [0, 0.05) is 27.6 Å². The minimum atomic E-state index is 0.877. The number of hydrogen-bond donors (Lipinski definition) is 0. The van der Waals surface area contributed by atoms with Gasteiger partial charge in [0.2, 0.25) is 0 Å². The van der Waals surface area contributed by atoms with Gasteiger partial charge in [-0.05, 0) is 82.0 Å². The Balaban J connectivity index is 1.12. The molecule has 0 amide bonds. The van der Waals surface area contributed by atoms with Crippen LogP contribution in [0.3, 0.4) is 0 Å². The fourth-order valence-corrected chi connectivity index (χ4v) is 9.86. The lowest BCUT2D eigenvalue weighted by molar-refractivity contribution is 0.634. The molecule has 11 aromatic carbocycles. The molecule has 1 heterocycles. The fourth-order valence-electron chi connectivity index (χ4n) is 9.86. The van der Waals surface area contributed by atoms with E-state index in [1.807, 2.05) is 0 Å². The quantitative estimate of drug-likeness (QED) is 0.153. The molecule has 0 aliphatic heterocycles. The molecule has 0 saturated carbocycles. The van der Waals surface area contributed by atoms with Crippen molar-refractivity contribution < 1.29 is 4.42 Å². The van der Waals surface area contributed by atoms with Crippen LogP contribution in [0.1, 0.15) is 0 Å². The molecule has 284 valence electrons. The van der Waals surface area contributed by atoms with E-state index in [4.69, 9.17) is 4.42 Å². The summed E-state index contributed by atoms with van der Waals surface area (Å²) < 4.78 is 7.26. The largest absolute Gasteiger partial charge is 0.455 e. The number of furan rings is 1. The molecule has 1 nitrogen and oxygen atoms in total. The van der Waals surface area contributed by atoms with Crippen molar-refractivity contribution in [3.05, 3.63) is 231 Å². The zero-order valence-corrected chi connectivity index (χ0v) is 33.3. The van der Waals surface area contributed by atoms with E-state index in [9.17, 15) is 0 Å². The summed E-state index contributed by atoms with van der Waals surface area (Å²) in [6.07, 6.45) is 0. The summed E-state index contributed by atoms with van der Waals surface area (Å²) in [7, 11) is 0. The highest BCUT2D eigenvalue weighted by Crippen LogP contribution is 2.52. The molecule has 0 spiro atoms. The van der Waals surface area contributed by atoms with Crippen molar-refractivity contribution in [2.24, 2.45) is 0 Å². The SMILES string of the molecule is c1ccc(-c2oc3c(-c4ccccc4)c(-c4ccc(-c5c6ccccc6c(-c6cccc7ccccc67)c6ccccc56)cc4)c4ccccc4c3c2-c2ccccc2)cc1. The minimum absolute atomic E-state index is 0.877. The van der Waals surface area contributed by atoms with Crippen molar-refractivity contribution in [3.8, 4) is 67.0 Å². The van der Waals surface area contributed by atoms with Crippen LogP contribution in [0.5, 0.6) is 0 Å². The topological polar surface area (TPSA) is 13.1 Å². The first-order valence-electron chi connectivity index (χ1n) is 21.0. The van der Waals surface area contributed by atoms with Crippen LogP contribution in [0, 0.1) is 0 Å². The van der Waals surface area contributed by atoms with Gasteiger partial charge in [0.25, 0.3) is 0 Å². The van der Waals surface area contributed by atoms with Crippen molar-refractivity contribution in [1.82, 2.24) is 0 Å². The van der Waals surface area contributed by atoms with Crippen LogP contribution < -0.4 is 0 Å². The standard InChI is InChI=1S/C60H38O/c1-4-20-40(21-5-1)55-54(49-30-14-17-33-52(49)58-56(41-22-6-2-7-23-41)59(61-60(55)58)44-24-8-3-9-25-44)43-37-35-42(36-38-43)53-47-28-12-15-31-50(47)57(51-32-16-13-29-48(51)53)46-34-18-26-39-19-10-11-27-45(39)46/h1-38H. The smallest absolute Gasteiger partial charge is 0.144 e. The zero-order chi connectivity index (χ0) is 40.3. The third kappa shape index (κ3) is 5.63. The van der Waals surface area contributed by atoms with Crippen molar-refractivity contribution in [1.29, 1.82) is 0 Å². The second-order valence-corrected chi connectivity index (χ2v) is 15.8. The summed E-state index contributed by atoms with van der Waals surface area (Å²) in [6, 6.07) is 83.4. The molecule has 0 atom stereocenters. The van der Waals surface area contributed by atoms with Crippen LogP contribution in [0.25, 0.3) is 121 Å². The molecular weight excluding hydrogens is 737 g/mol. The van der Waals surface area contributed by atoms with Crippen LogP contribution in [0.2, 0.25) is 0 Å². The van der Waals surface area contributed by atoms with Gasteiger partial charge >= 0.3 is 0 Å². The van der Waals surface area contributed by atoms with Crippen LogP contribution >= 0.6 is 0 Å². The highest BCUT2D eigenvalue weighted by molar-refractivity contribution is 6.26. The third-order valence-corrected chi connectivity index (χ3v) is 12.5. The molecule has 0 N–H and O–H groups in total. The molecule has 0 radical (unpaired) electrons. The molecular formula is C60H38O. The second-order valence-electron chi connectivity index (χ2n) is 15.8. The Bertz CT molecular complexity index is 3540. The summed E-state index contributed by atoms with van der Waals surface area (Å²) in [5.41, 5.74) is 13.7. The van der Waals surface area contributed by atoms with E-state index in [1.165, 1.54) is 65.3 Å². The summed E-state index contributed by atoms with van der Waals surface area (Å²) in [5, 5.41) is 11.0. The molecule has 0 fully saturated rings. The number of hydrogen-bond acceptors (Lipinski definition) is 1. The van der Waals surface area contributed by atoms with Gasteiger partial charge in [0.1, 0.15) is 11.3 Å². The maximum absolute atomic E-state index is 7.26. The van der Waals surface area contributed by atoms with E-state index >= 15 is 0 Å². The van der Waals surface area contributed by atoms with Gasteiger partial charge in [-0.1, -0.05) is 231 Å². The Kier molecular flexibility index (Phi) is 8.25. The predicted molar refractivity (Wildman–Crippen MR) is 259 cm³/mol. The first kappa shape index (κ1) is 35.0. The van der Waals surface area contributed by atoms with E-state index in [1.54, 1.807) is 0 Å². The van der Waals surface area contributed by atoms with E-state index in [0.29, 0.717) is 0 Å². The van der Waals surface area contributed by atoms with Gasteiger partial charge < -0.3 is 4.42 Å². The predicted octanol–water partition coefficient (Wildman–Crippen LogP) is 17.0. The third-order valence-electron chi connectivity index (χ3n) is 12.5. The summed E-state index contributed by atoms with van der Waals surface area (Å²) in [4.78, 5) is 0. The van der Waals surface area contributed by atoms with Crippen LogP contribution in [-0.4, -0.2) is 0 Å². The second kappa shape index (κ2) is 14.4. The van der Waals surface area contributed by atoms with Crippen LogP contribution in [-0.2, 0) is 0 Å². The molecule has 12 rings (SSSR count). The average Bonchev–Trinajstić information content (AvgIpc) is 3.74. The highest BCUT2D eigenvalue weighted by atomic mass is 16.3. The van der Waals surface area contributed by atoms with Crippen molar-refractivity contribution in [3.63, 3.8) is 0 Å². The van der Waals surface area contributed by atoms with E-state index in [2.05, 4.69) is 231 Å². The Hall–Kier alpha value is -8.00. The van der Waals surface area contributed by atoms with Crippen molar-refractivity contribution in [2.75, 3.05) is 0 Å². The maximum atomic E-state index is 7.26. The van der Waals surface area contributed by atoms with Crippen molar-refractivity contribution in [2.45, 2.75) is 0 Å². The lowest BCUT2D eigenvalue weighted by Crippen LogP contribution is -1.93.